The molecule has 2 atom stereocenters. The number of carbonyl (C=O) groups excluding carboxylic acids is 1. The molecule has 2 heterocycles. The van der Waals surface area contributed by atoms with Gasteiger partial charge in [0.05, 0.1) is 28.7 Å². The van der Waals surface area contributed by atoms with E-state index in [0.29, 0.717) is 17.1 Å². The number of fused-ring (bicyclic) bond motifs is 2. The van der Waals surface area contributed by atoms with Crippen LogP contribution in [0.5, 0.6) is 0 Å². The van der Waals surface area contributed by atoms with E-state index in [4.69, 9.17) is 4.98 Å². The first kappa shape index (κ1) is 23.4. The van der Waals surface area contributed by atoms with Gasteiger partial charge in [0.1, 0.15) is 5.82 Å². The van der Waals surface area contributed by atoms with E-state index >= 15 is 0 Å². The van der Waals surface area contributed by atoms with Crippen LogP contribution in [0.1, 0.15) is 78.1 Å². The number of aromatic nitrogens is 2. The van der Waals surface area contributed by atoms with Gasteiger partial charge in [-0.15, -0.1) is 5.73 Å². The van der Waals surface area contributed by atoms with Crippen LogP contribution in [-0.4, -0.2) is 44.8 Å². The lowest BCUT2D eigenvalue weighted by Crippen LogP contribution is -2.41. The number of nitrogens with one attached hydrogen (secondary N) is 1. The first-order valence-corrected chi connectivity index (χ1v) is 13.2. The predicted octanol–water partition coefficient (Wildman–Crippen LogP) is 5.72. The van der Waals surface area contributed by atoms with Gasteiger partial charge in [-0.1, -0.05) is 31.4 Å². The van der Waals surface area contributed by atoms with E-state index in [-0.39, 0.29) is 23.6 Å². The highest BCUT2D eigenvalue weighted by atomic mass is 16.4. The van der Waals surface area contributed by atoms with Crippen molar-refractivity contribution in [2.45, 2.75) is 69.5 Å². The summed E-state index contributed by atoms with van der Waals surface area (Å²) >= 11 is 0. The van der Waals surface area contributed by atoms with Crippen molar-refractivity contribution < 1.29 is 14.7 Å². The molecule has 37 heavy (non-hydrogen) atoms. The van der Waals surface area contributed by atoms with Crippen molar-refractivity contribution in [2.75, 3.05) is 0 Å². The summed E-state index contributed by atoms with van der Waals surface area (Å²) in [6.45, 7) is 0. The molecule has 1 amide bonds. The minimum absolute atomic E-state index is 0.0430. The van der Waals surface area contributed by atoms with Crippen molar-refractivity contribution in [1.29, 1.82) is 0 Å². The third-order valence-electron chi connectivity index (χ3n) is 7.88. The van der Waals surface area contributed by atoms with Gasteiger partial charge >= 0.3 is 5.97 Å². The van der Waals surface area contributed by atoms with Crippen LogP contribution in [0, 0.1) is 0 Å². The smallest absolute Gasteiger partial charge is 0.335 e. The number of carboxylic acids is 1. The Labute approximate surface area is 215 Å². The van der Waals surface area contributed by atoms with E-state index in [1.54, 1.807) is 18.3 Å². The Balaban J connectivity index is 1.30. The number of aliphatic imine (C=N–C) groups is 1. The first-order valence-electron chi connectivity index (χ1n) is 13.2. The number of hydrogen-bond acceptors (Lipinski definition) is 4. The topological polar surface area (TPSA) is 96.6 Å². The molecule has 3 aromatic rings. The van der Waals surface area contributed by atoms with E-state index in [1.165, 1.54) is 19.3 Å². The number of aromatic carboxylic acids is 1. The van der Waals surface area contributed by atoms with Gasteiger partial charge in [0.15, 0.2) is 0 Å². The standard InChI is InChI=1S/C30H30N4O3/c35-29(33-25-10-4-9-24-23(25)8-5-17-31-24)20-13-11-19(12-14-20)28-32-26-18-21(30(36)37)15-16-27(26)34(28)22-6-2-1-3-7-22/h5,11-18,22,24-25H,1-4,6-7,9-10H2,(H,33,35)(H,36,37). The maximum absolute atomic E-state index is 13.1. The fourth-order valence-corrected chi connectivity index (χ4v) is 6.00. The summed E-state index contributed by atoms with van der Waals surface area (Å²) in [7, 11) is 0. The molecule has 2 saturated carbocycles. The van der Waals surface area contributed by atoms with Crippen molar-refractivity contribution in [2.24, 2.45) is 4.99 Å². The van der Waals surface area contributed by atoms with Gasteiger partial charge < -0.3 is 15.0 Å². The van der Waals surface area contributed by atoms with Gasteiger partial charge in [0.2, 0.25) is 0 Å². The third-order valence-corrected chi connectivity index (χ3v) is 7.88. The van der Waals surface area contributed by atoms with Gasteiger partial charge in [-0.3, -0.25) is 9.79 Å². The minimum Gasteiger partial charge on any atom is -0.478 e. The highest BCUT2D eigenvalue weighted by molar-refractivity contribution is 5.96. The average Bonchev–Trinajstić information content (AvgIpc) is 3.32. The average molecular weight is 495 g/mol. The highest BCUT2D eigenvalue weighted by Crippen LogP contribution is 2.36. The summed E-state index contributed by atoms with van der Waals surface area (Å²) in [6, 6.07) is 13.2. The Morgan fingerprint density at radius 3 is 2.51 bits per heavy atom. The Kier molecular flexibility index (Phi) is 6.23. The van der Waals surface area contributed by atoms with E-state index in [0.717, 1.165) is 54.6 Å². The number of carboxylic acid groups (broad SMARTS) is 1. The van der Waals surface area contributed by atoms with Crippen molar-refractivity contribution in [1.82, 2.24) is 14.9 Å². The number of carbonyl (C=O) groups is 2. The largest absolute Gasteiger partial charge is 0.478 e. The van der Waals surface area contributed by atoms with E-state index in [9.17, 15) is 14.7 Å². The maximum atomic E-state index is 13.1. The van der Waals surface area contributed by atoms with Gasteiger partial charge in [-0.25, -0.2) is 9.78 Å². The SMILES string of the molecule is O=C(O)c1ccc2c(c1)nc(-c1ccc(C(=O)NC3CCCC4N=CC=C=C43)cc1)n2C1CCCCC1. The van der Waals surface area contributed by atoms with Gasteiger partial charge in [-0.05, 0) is 68.5 Å². The zero-order valence-electron chi connectivity index (χ0n) is 20.7. The predicted molar refractivity (Wildman–Crippen MR) is 143 cm³/mol. The summed E-state index contributed by atoms with van der Waals surface area (Å²) in [4.78, 5) is 34.1. The van der Waals surface area contributed by atoms with Crippen LogP contribution in [0.25, 0.3) is 22.4 Å². The molecule has 6 rings (SSSR count). The fraction of sp³-hybridized carbons (Fsp3) is 0.367. The number of nitrogens with zero attached hydrogens (tertiary/aromatic N) is 3. The van der Waals surface area contributed by atoms with Crippen molar-refractivity contribution in [3.05, 3.63) is 71.0 Å². The number of amides is 1. The summed E-state index contributed by atoms with van der Waals surface area (Å²) in [5, 5.41) is 12.7. The lowest BCUT2D eigenvalue weighted by Gasteiger charge is -2.30. The van der Waals surface area contributed by atoms with Crippen LogP contribution in [0.15, 0.2) is 64.8 Å². The number of imidazole rings is 1. The summed E-state index contributed by atoms with van der Waals surface area (Å²) in [5.41, 5.74) is 7.76. The van der Waals surface area contributed by atoms with Gasteiger partial charge in [-0.2, -0.15) is 0 Å². The molecule has 188 valence electrons. The molecule has 7 nitrogen and oxygen atoms in total. The highest BCUT2D eigenvalue weighted by Gasteiger charge is 2.29. The molecule has 3 aliphatic rings. The molecular formula is C30H30N4O3. The van der Waals surface area contributed by atoms with Crippen LogP contribution < -0.4 is 5.32 Å². The Bertz CT molecular complexity index is 1450. The third kappa shape index (κ3) is 4.51. The molecule has 0 radical (unpaired) electrons. The number of rotatable bonds is 5. The first-order chi connectivity index (χ1) is 18.1. The van der Waals surface area contributed by atoms with E-state index in [2.05, 4.69) is 20.6 Å². The van der Waals surface area contributed by atoms with Crippen LogP contribution >= 0.6 is 0 Å². The van der Waals surface area contributed by atoms with Crippen LogP contribution in [0.3, 0.4) is 0 Å². The Morgan fingerprint density at radius 1 is 0.946 bits per heavy atom. The lowest BCUT2D eigenvalue weighted by atomic mass is 9.85. The number of hydrogen-bond donors (Lipinski definition) is 2. The molecule has 7 heteroatoms. The van der Waals surface area contributed by atoms with Crippen molar-refractivity contribution in [3.8, 4) is 11.4 Å². The van der Waals surface area contributed by atoms with Crippen molar-refractivity contribution in [3.63, 3.8) is 0 Å². The fourth-order valence-electron chi connectivity index (χ4n) is 6.00. The Hall–Kier alpha value is -3.96. The van der Waals surface area contributed by atoms with Crippen LogP contribution in [0.2, 0.25) is 0 Å². The van der Waals surface area contributed by atoms with Crippen molar-refractivity contribution >= 4 is 29.1 Å². The van der Waals surface area contributed by atoms with Crippen LogP contribution in [0.4, 0.5) is 0 Å². The number of benzene rings is 2. The van der Waals surface area contributed by atoms with E-state index in [1.807, 2.05) is 36.4 Å². The molecule has 1 aliphatic heterocycles. The Morgan fingerprint density at radius 2 is 1.73 bits per heavy atom. The monoisotopic (exact) mass is 494 g/mol. The minimum atomic E-state index is -0.957. The molecular weight excluding hydrogens is 464 g/mol. The molecule has 2 aromatic carbocycles. The second kappa shape index (κ2) is 9.83. The zero-order valence-corrected chi connectivity index (χ0v) is 20.7. The van der Waals surface area contributed by atoms with Gasteiger partial charge in [0, 0.05) is 29.0 Å². The molecule has 0 bridgehead atoms. The van der Waals surface area contributed by atoms with E-state index < -0.39 is 5.97 Å². The maximum Gasteiger partial charge on any atom is 0.335 e. The van der Waals surface area contributed by atoms with Crippen LogP contribution in [-0.2, 0) is 0 Å². The molecule has 1 aromatic heterocycles. The lowest BCUT2D eigenvalue weighted by molar-refractivity contribution is 0.0696. The second-order valence-electron chi connectivity index (χ2n) is 10.2. The molecule has 2 aliphatic carbocycles. The molecule has 2 fully saturated rings. The summed E-state index contributed by atoms with van der Waals surface area (Å²) in [6.07, 6.45) is 12.3. The molecule has 0 spiro atoms. The zero-order chi connectivity index (χ0) is 25.4. The summed E-state index contributed by atoms with van der Waals surface area (Å²) in [5.74, 6) is -0.239. The summed E-state index contributed by atoms with van der Waals surface area (Å²) < 4.78 is 2.28. The normalized spacial score (nSPS) is 21.5. The second-order valence-corrected chi connectivity index (χ2v) is 10.2. The molecule has 2 N–H and O–H groups in total. The molecule has 0 saturated heterocycles. The molecule has 2 unspecified atom stereocenters. The van der Waals surface area contributed by atoms with Gasteiger partial charge in [0.25, 0.3) is 5.91 Å². The quantitative estimate of drug-likeness (QED) is 0.443.